The van der Waals surface area contributed by atoms with Gasteiger partial charge >= 0.3 is 12.0 Å². The van der Waals surface area contributed by atoms with Gasteiger partial charge in [-0.05, 0) is 12.8 Å². The summed E-state index contributed by atoms with van der Waals surface area (Å²) in [6.07, 6.45) is 4.87. The maximum atomic E-state index is 12.0. The second kappa shape index (κ2) is 7.63. The van der Waals surface area contributed by atoms with E-state index in [1.54, 1.807) is 17.3 Å². The van der Waals surface area contributed by atoms with Crippen molar-refractivity contribution in [2.24, 2.45) is 0 Å². The van der Waals surface area contributed by atoms with Gasteiger partial charge in [-0.1, -0.05) is 0 Å². The lowest BCUT2D eigenvalue weighted by Crippen LogP contribution is -2.45. The second-order valence-corrected chi connectivity index (χ2v) is 4.90. The molecule has 8 heteroatoms. The summed E-state index contributed by atoms with van der Waals surface area (Å²) in [5.74, 6) is -0.139. The number of piperidine rings is 1. The van der Waals surface area contributed by atoms with Gasteiger partial charge in [0.2, 0.25) is 0 Å². The van der Waals surface area contributed by atoms with Crippen LogP contribution >= 0.6 is 0 Å². The molecule has 0 saturated carbocycles. The van der Waals surface area contributed by atoms with Gasteiger partial charge in [0.05, 0.1) is 25.7 Å². The summed E-state index contributed by atoms with van der Waals surface area (Å²) in [5, 5.41) is 11.3. The van der Waals surface area contributed by atoms with Crippen LogP contribution in [0.15, 0.2) is 12.4 Å². The van der Waals surface area contributed by atoms with Gasteiger partial charge in [-0.25, -0.2) is 9.78 Å². The van der Waals surface area contributed by atoms with Crippen molar-refractivity contribution in [1.82, 2.24) is 20.2 Å². The van der Waals surface area contributed by atoms with E-state index in [9.17, 15) is 9.59 Å². The molecular formula is C13H20N4O4. The number of carboxylic acid groups (broad SMARTS) is 1. The Bertz CT molecular complexity index is 455. The molecule has 0 aliphatic carbocycles. The van der Waals surface area contributed by atoms with Gasteiger partial charge in [0.15, 0.2) is 0 Å². The zero-order chi connectivity index (χ0) is 15.1. The van der Waals surface area contributed by atoms with E-state index in [-0.39, 0.29) is 25.2 Å². The third kappa shape index (κ3) is 5.07. The quantitative estimate of drug-likeness (QED) is 0.711. The molecule has 0 aromatic carbocycles. The number of aromatic nitrogens is 2. The zero-order valence-corrected chi connectivity index (χ0v) is 11.7. The first-order chi connectivity index (χ1) is 10.1. The fraction of sp³-hybridized carbons (Fsp3) is 0.615. The predicted octanol–water partition coefficient (Wildman–Crippen LogP) is 0.575. The molecule has 1 fully saturated rings. The molecule has 8 nitrogen and oxygen atoms in total. The Morgan fingerprint density at radius 1 is 1.48 bits per heavy atom. The van der Waals surface area contributed by atoms with Gasteiger partial charge in [0.25, 0.3) is 0 Å². The summed E-state index contributed by atoms with van der Waals surface area (Å²) < 4.78 is 5.49. The highest BCUT2D eigenvalue weighted by Gasteiger charge is 2.23. The Morgan fingerprint density at radius 3 is 2.86 bits per heavy atom. The average molecular weight is 296 g/mol. The number of rotatable bonds is 6. The number of hydrogen-bond donors (Lipinski definition) is 3. The van der Waals surface area contributed by atoms with E-state index in [1.165, 1.54) is 0 Å². The number of hydrogen-bond acceptors (Lipinski definition) is 4. The number of carbonyl (C=O) groups excluding carboxylic acids is 1. The summed E-state index contributed by atoms with van der Waals surface area (Å²) in [7, 11) is 0. The van der Waals surface area contributed by atoms with Gasteiger partial charge in [-0.3, -0.25) is 4.79 Å². The molecule has 3 N–H and O–H groups in total. The van der Waals surface area contributed by atoms with Gasteiger partial charge in [-0.2, -0.15) is 0 Å². The monoisotopic (exact) mass is 296 g/mol. The lowest BCUT2D eigenvalue weighted by Gasteiger charge is -2.31. The highest BCUT2D eigenvalue weighted by molar-refractivity contribution is 5.74. The Morgan fingerprint density at radius 2 is 2.24 bits per heavy atom. The van der Waals surface area contributed by atoms with Crippen molar-refractivity contribution in [2.45, 2.75) is 31.9 Å². The number of ether oxygens (including phenoxy) is 1. The van der Waals surface area contributed by atoms with E-state index < -0.39 is 5.97 Å². The molecule has 1 aromatic heterocycles. The molecule has 0 radical (unpaired) electrons. The number of H-pyrrole nitrogens is 1. The van der Waals surface area contributed by atoms with E-state index in [1.807, 2.05) is 0 Å². The normalized spacial score (nSPS) is 15.9. The number of amides is 2. The molecule has 0 unspecified atom stereocenters. The van der Waals surface area contributed by atoms with Crippen molar-refractivity contribution in [3.8, 4) is 0 Å². The molecule has 116 valence electrons. The minimum atomic E-state index is -0.857. The zero-order valence-electron chi connectivity index (χ0n) is 11.7. The van der Waals surface area contributed by atoms with Crippen LogP contribution in [0, 0.1) is 0 Å². The number of likely N-dealkylation sites (tertiary alicyclic amines) is 1. The first-order valence-electron chi connectivity index (χ1n) is 6.99. The molecule has 1 aromatic rings. The van der Waals surface area contributed by atoms with Crippen molar-refractivity contribution in [1.29, 1.82) is 0 Å². The highest BCUT2D eigenvalue weighted by Crippen LogP contribution is 2.14. The number of aromatic amines is 1. The maximum absolute atomic E-state index is 12.0. The molecule has 0 bridgehead atoms. The van der Waals surface area contributed by atoms with Gasteiger partial charge in [0, 0.05) is 25.5 Å². The fourth-order valence-electron chi connectivity index (χ4n) is 2.20. The number of aliphatic carboxylic acids is 1. The van der Waals surface area contributed by atoms with E-state index in [0.29, 0.717) is 19.6 Å². The topological polar surface area (TPSA) is 108 Å². The van der Waals surface area contributed by atoms with Crippen LogP contribution in [0.5, 0.6) is 0 Å². The molecule has 21 heavy (non-hydrogen) atoms. The largest absolute Gasteiger partial charge is 0.481 e. The number of carboxylic acids is 1. The van der Waals surface area contributed by atoms with Crippen molar-refractivity contribution in [3.63, 3.8) is 0 Å². The Labute approximate surface area is 122 Å². The van der Waals surface area contributed by atoms with E-state index in [4.69, 9.17) is 9.84 Å². The first kappa shape index (κ1) is 15.3. The molecular weight excluding hydrogens is 276 g/mol. The van der Waals surface area contributed by atoms with Crippen LogP contribution in [0.1, 0.15) is 25.1 Å². The summed E-state index contributed by atoms with van der Waals surface area (Å²) in [4.78, 5) is 31.1. The molecule has 0 atom stereocenters. The molecule has 2 rings (SSSR count). The third-order valence-corrected chi connectivity index (χ3v) is 3.36. The molecule has 1 saturated heterocycles. The molecule has 0 spiro atoms. The highest BCUT2D eigenvalue weighted by atomic mass is 16.5. The molecule has 1 aliphatic heterocycles. The number of carbonyl (C=O) groups is 2. The van der Waals surface area contributed by atoms with E-state index in [0.717, 1.165) is 18.7 Å². The molecule has 1 aliphatic rings. The predicted molar refractivity (Wildman–Crippen MR) is 73.6 cm³/mol. The van der Waals surface area contributed by atoms with E-state index >= 15 is 0 Å². The van der Waals surface area contributed by atoms with Crippen molar-refractivity contribution in [2.75, 3.05) is 19.7 Å². The number of nitrogens with one attached hydrogen (secondary N) is 2. The summed E-state index contributed by atoms with van der Waals surface area (Å²) in [5.41, 5.74) is 0. The first-order valence-corrected chi connectivity index (χ1v) is 6.99. The summed E-state index contributed by atoms with van der Waals surface area (Å²) in [6, 6.07) is -0.115. The van der Waals surface area contributed by atoms with Crippen LogP contribution in [0.2, 0.25) is 0 Å². The SMILES string of the molecule is O=C(O)CCOC1CCN(C(=O)NCc2ncc[nH]2)CC1. The van der Waals surface area contributed by atoms with Gasteiger partial charge in [-0.15, -0.1) is 0 Å². The average Bonchev–Trinajstić information content (AvgIpc) is 2.98. The van der Waals surface area contributed by atoms with Crippen LogP contribution in [-0.4, -0.2) is 57.8 Å². The lowest BCUT2D eigenvalue weighted by atomic mass is 10.1. The fourth-order valence-corrected chi connectivity index (χ4v) is 2.20. The van der Waals surface area contributed by atoms with Crippen LogP contribution in [-0.2, 0) is 16.1 Å². The van der Waals surface area contributed by atoms with Crippen molar-refractivity contribution < 1.29 is 19.4 Å². The maximum Gasteiger partial charge on any atom is 0.317 e. The van der Waals surface area contributed by atoms with Crippen LogP contribution in [0.3, 0.4) is 0 Å². The smallest absolute Gasteiger partial charge is 0.317 e. The second-order valence-electron chi connectivity index (χ2n) is 4.90. The van der Waals surface area contributed by atoms with Crippen molar-refractivity contribution >= 4 is 12.0 Å². The molecule has 2 heterocycles. The van der Waals surface area contributed by atoms with E-state index in [2.05, 4.69) is 15.3 Å². The number of urea groups is 1. The minimum absolute atomic E-state index is 0.0177. The van der Waals surface area contributed by atoms with Gasteiger partial charge < -0.3 is 25.0 Å². The van der Waals surface area contributed by atoms with Crippen LogP contribution in [0.4, 0.5) is 4.79 Å². The Kier molecular flexibility index (Phi) is 5.56. The third-order valence-electron chi connectivity index (χ3n) is 3.36. The van der Waals surface area contributed by atoms with Gasteiger partial charge in [0.1, 0.15) is 5.82 Å². The van der Waals surface area contributed by atoms with Crippen LogP contribution < -0.4 is 5.32 Å². The summed E-state index contributed by atoms with van der Waals surface area (Å²) in [6.45, 7) is 1.83. The minimum Gasteiger partial charge on any atom is -0.481 e. The Balaban J connectivity index is 1.63. The lowest BCUT2D eigenvalue weighted by molar-refractivity contribution is -0.138. The standard InChI is InChI=1S/C13H20N4O4/c18-12(19)3-8-21-10-1-6-17(7-2-10)13(20)16-9-11-14-4-5-15-11/h4-5,10H,1-3,6-9H2,(H,14,15)(H,16,20)(H,18,19). The van der Waals surface area contributed by atoms with Crippen LogP contribution in [0.25, 0.3) is 0 Å². The van der Waals surface area contributed by atoms with Crippen molar-refractivity contribution in [3.05, 3.63) is 18.2 Å². The Hall–Kier alpha value is -2.09. The summed E-state index contributed by atoms with van der Waals surface area (Å²) >= 11 is 0. The number of imidazole rings is 1. The molecule has 2 amide bonds. The number of nitrogens with zero attached hydrogens (tertiary/aromatic N) is 2.